The van der Waals surface area contributed by atoms with Crippen LogP contribution in [0.25, 0.3) is 0 Å². The van der Waals surface area contributed by atoms with Crippen LogP contribution < -0.4 is 11.1 Å². The minimum atomic E-state index is -0.553. The van der Waals surface area contributed by atoms with Gasteiger partial charge < -0.3 is 11.1 Å². The number of hydrogen-bond acceptors (Lipinski definition) is 2. The van der Waals surface area contributed by atoms with Crippen molar-refractivity contribution in [1.29, 1.82) is 0 Å². The molecule has 0 saturated carbocycles. The molecule has 4 heteroatoms. The molecule has 94 valence electrons. The fraction of sp³-hybridized carbons (Fsp3) is 0. The molecule has 0 atom stereocenters. The molecule has 2 aromatic carbocycles. The van der Waals surface area contributed by atoms with Gasteiger partial charge in [0.2, 0.25) is 0 Å². The molecule has 0 unspecified atom stereocenters. The minimum Gasteiger partial charge on any atom is -0.399 e. The third-order valence-corrected chi connectivity index (χ3v) is 2.47. The molecular formula is C15H11FN2O. The summed E-state index contributed by atoms with van der Waals surface area (Å²) < 4.78 is 13.2. The number of halogens is 1. The first-order valence-electron chi connectivity index (χ1n) is 5.52. The zero-order chi connectivity index (χ0) is 13.8. The van der Waals surface area contributed by atoms with E-state index in [1.165, 1.54) is 6.07 Å². The third-order valence-electron chi connectivity index (χ3n) is 2.47. The Morgan fingerprint density at radius 2 is 2.05 bits per heavy atom. The highest BCUT2D eigenvalue weighted by atomic mass is 19.1. The molecule has 3 N–H and O–H groups in total. The van der Waals surface area contributed by atoms with Crippen LogP contribution in [0, 0.1) is 18.2 Å². The average Bonchev–Trinajstić information content (AvgIpc) is 2.37. The minimum absolute atomic E-state index is 0.156. The van der Waals surface area contributed by atoms with Crippen molar-refractivity contribution in [2.45, 2.75) is 0 Å². The molecule has 0 aliphatic heterocycles. The number of anilines is 2. The lowest BCUT2D eigenvalue weighted by Gasteiger charge is -2.06. The van der Waals surface area contributed by atoms with Gasteiger partial charge in [-0.3, -0.25) is 4.79 Å². The summed E-state index contributed by atoms with van der Waals surface area (Å²) in [5, 5.41) is 2.63. The monoisotopic (exact) mass is 254 g/mol. The fourth-order valence-corrected chi connectivity index (χ4v) is 1.63. The van der Waals surface area contributed by atoms with Crippen LogP contribution in [0.1, 0.15) is 15.9 Å². The standard InChI is InChI=1S/C15H11FN2O/c1-2-10-4-3-5-14(6-10)18-15(19)11-7-12(16)9-13(17)8-11/h1,3-9H,17H2,(H,18,19). The third kappa shape index (κ3) is 3.11. The summed E-state index contributed by atoms with van der Waals surface area (Å²) in [7, 11) is 0. The summed E-state index contributed by atoms with van der Waals surface area (Å²) >= 11 is 0. The zero-order valence-electron chi connectivity index (χ0n) is 9.98. The van der Waals surface area contributed by atoms with Crippen LogP contribution in [0.3, 0.4) is 0 Å². The molecule has 2 rings (SSSR count). The molecular weight excluding hydrogens is 243 g/mol. The molecule has 0 bridgehead atoms. The molecule has 0 saturated heterocycles. The number of carbonyl (C=O) groups excluding carboxylic acids is 1. The van der Waals surface area contributed by atoms with Crippen molar-refractivity contribution in [2.75, 3.05) is 11.1 Å². The molecule has 0 aliphatic rings. The first-order valence-corrected chi connectivity index (χ1v) is 5.52. The number of carbonyl (C=O) groups is 1. The molecule has 0 aromatic heterocycles. The van der Waals surface area contributed by atoms with Gasteiger partial charge in [-0.25, -0.2) is 4.39 Å². The molecule has 2 aromatic rings. The van der Waals surface area contributed by atoms with E-state index in [0.29, 0.717) is 11.3 Å². The SMILES string of the molecule is C#Cc1cccc(NC(=O)c2cc(N)cc(F)c2)c1. The highest BCUT2D eigenvalue weighted by Crippen LogP contribution is 2.14. The molecule has 0 heterocycles. The number of amides is 1. The number of terminal acetylenes is 1. The van der Waals surface area contributed by atoms with Crippen molar-refractivity contribution in [2.24, 2.45) is 0 Å². The predicted molar refractivity (Wildman–Crippen MR) is 73.1 cm³/mol. The Kier molecular flexibility index (Phi) is 3.48. The maximum Gasteiger partial charge on any atom is 0.255 e. The molecule has 1 amide bonds. The average molecular weight is 254 g/mol. The summed E-state index contributed by atoms with van der Waals surface area (Å²) in [6, 6.07) is 10.5. The summed E-state index contributed by atoms with van der Waals surface area (Å²) in [5.41, 5.74) is 7.04. The van der Waals surface area contributed by atoms with Crippen LogP contribution in [0.5, 0.6) is 0 Å². The Labute approximate surface area is 110 Å². The Morgan fingerprint density at radius 3 is 2.74 bits per heavy atom. The van der Waals surface area contributed by atoms with Crippen molar-refractivity contribution >= 4 is 17.3 Å². The van der Waals surface area contributed by atoms with Gasteiger partial charge in [0.15, 0.2) is 0 Å². The van der Waals surface area contributed by atoms with E-state index < -0.39 is 11.7 Å². The van der Waals surface area contributed by atoms with Crippen molar-refractivity contribution in [3.05, 3.63) is 59.4 Å². The van der Waals surface area contributed by atoms with Crippen LogP contribution >= 0.6 is 0 Å². The van der Waals surface area contributed by atoms with E-state index in [9.17, 15) is 9.18 Å². The second kappa shape index (κ2) is 5.23. The zero-order valence-corrected chi connectivity index (χ0v) is 9.98. The van der Waals surface area contributed by atoms with Crippen LogP contribution in [-0.4, -0.2) is 5.91 Å². The van der Waals surface area contributed by atoms with E-state index in [2.05, 4.69) is 11.2 Å². The van der Waals surface area contributed by atoms with Gasteiger partial charge in [0, 0.05) is 22.5 Å². The lowest BCUT2D eigenvalue weighted by molar-refractivity contribution is 0.102. The fourth-order valence-electron chi connectivity index (χ4n) is 1.63. The Hall–Kier alpha value is -2.80. The summed E-state index contributed by atoms with van der Waals surface area (Å²) in [6.45, 7) is 0. The van der Waals surface area contributed by atoms with Gasteiger partial charge in [-0.2, -0.15) is 0 Å². The van der Waals surface area contributed by atoms with Crippen molar-refractivity contribution < 1.29 is 9.18 Å². The van der Waals surface area contributed by atoms with E-state index in [-0.39, 0.29) is 11.3 Å². The van der Waals surface area contributed by atoms with Gasteiger partial charge in [0.05, 0.1) is 0 Å². The summed E-state index contributed by atoms with van der Waals surface area (Å²) in [6.07, 6.45) is 5.27. The molecule has 19 heavy (non-hydrogen) atoms. The van der Waals surface area contributed by atoms with E-state index in [1.54, 1.807) is 24.3 Å². The number of hydrogen-bond donors (Lipinski definition) is 2. The van der Waals surface area contributed by atoms with Crippen molar-refractivity contribution in [1.82, 2.24) is 0 Å². The van der Waals surface area contributed by atoms with E-state index in [1.807, 2.05) is 0 Å². The van der Waals surface area contributed by atoms with Gasteiger partial charge in [0.1, 0.15) is 5.82 Å². The van der Waals surface area contributed by atoms with Gasteiger partial charge in [-0.1, -0.05) is 12.0 Å². The number of nitrogens with two attached hydrogens (primary N) is 1. The number of benzene rings is 2. The number of nitrogen functional groups attached to an aromatic ring is 1. The quantitative estimate of drug-likeness (QED) is 0.639. The van der Waals surface area contributed by atoms with Gasteiger partial charge in [0.25, 0.3) is 5.91 Å². The van der Waals surface area contributed by atoms with E-state index >= 15 is 0 Å². The van der Waals surface area contributed by atoms with Gasteiger partial charge in [-0.15, -0.1) is 6.42 Å². The molecule has 0 radical (unpaired) electrons. The van der Waals surface area contributed by atoms with Crippen LogP contribution in [0.4, 0.5) is 15.8 Å². The second-order valence-electron chi connectivity index (χ2n) is 3.95. The number of rotatable bonds is 2. The van der Waals surface area contributed by atoms with Crippen LogP contribution in [0.2, 0.25) is 0 Å². The van der Waals surface area contributed by atoms with Crippen LogP contribution in [-0.2, 0) is 0 Å². The summed E-state index contributed by atoms with van der Waals surface area (Å²) in [4.78, 5) is 11.9. The van der Waals surface area contributed by atoms with E-state index in [4.69, 9.17) is 12.2 Å². The molecule has 0 fully saturated rings. The molecule has 0 aliphatic carbocycles. The molecule has 3 nitrogen and oxygen atoms in total. The Morgan fingerprint density at radius 1 is 1.26 bits per heavy atom. The maximum atomic E-state index is 13.2. The van der Waals surface area contributed by atoms with Gasteiger partial charge >= 0.3 is 0 Å². The smallest absolute Gasteiger partial charge is 0.255 e. The maximum absolute atomic E-state index is 13.2. The second-order valence-corrected chi connectivity index (χ2v) is 3.95. The summed E-state index contributed by atoms with van der Waals surface area (Å²) in [5.74, 6) is 1.47. The van der Waals surface area contributed by atoms with E-state index in [0.717, 1.165) is 12.1 Å². The van der Waals surface area contributed by atoms with Crippen molar-refractivity contribution in [3.63, 3.8) is 0 Å². The first-order chi connectivity index (χ1) is 9.08. The largest absolute Gasteiger partial charge is 0.399 e. The number of nitrogens with one attached hydrogen (secondary N) is 1. The normalized spacial score (nSPS) is 9.68. The Bertz CT molecular complexity index is 654. The Balaban J connectivity index is 2.23. The van der Waals surface area contributed by atoms with Crippen molar-refractivity contribution in [3.8, 4) is 12.3 Å². The predicted octanol–water partition coefficient (Wildman–Crippen LogP) is 2.64. The lowest BCUT2D eigenvalue weighted by atomic mass is 10.1. The molecule has 0 spiro atoms. The first kappa shape index (κ1) is 12.7. The van der Waals surface area contributed by atoms with Gasteiger partial charge in [-0.05, 0) is 36.4 Å². The highest BCUT2D eigenvalue weighted by molar-refractivity contribution is 6.04. The van der Waals surface area contributed by atoms with Crippen LogP contribution in [0.15, 0.2) is 42.5 Å². The topological polar surface area (TPSA) is 55.1 Å². The highest BCUT2D eigenvalue weighted by Gasteiger charge is 2.08. The lowest BCUT2D eigenvalue weighted by Crippen LogP contribution is -2.12.